The highest BCUT2D eigenvalue weighted by Gasteiger charge is 2.17. The Balaban J connectivity index is 3.87. The molecule has 0 unspecified atom stereocenters. The van der Waals surface area contributed by atoms with Gasteiger partial charge in [0.05, 0.1) is 0 Å². The Morgan fingerprint density at radius 1 is 0.615 bits per heavy atom. The molecule has 0 aromatic carbocycles. The second kappa shape index (κ2) is 7.54. The molecule has 0 saturated heterocycles. The van der Waals surface area contributed by atoms with Crippen LogP contribution in [0.15, 0.2) is 0 Å². The van der Waals surface area contributed by atoms with Crippen LogP contribution in [-0.4, -0.2) is 22.0 Å². The fourth-order valence-electron chi connectivity index (χ4n) is 0.763. The van der Waals surface area contributed by atoms with Gasteiger partial charge in [-0.1, -0.05) is 41.5 Å². The topological polar surface area (TPSA) is 0 Å². The zero-order valence-electron chi connectivity index (χ0n) is 9.53. The van der Waals surface area contributed by atoms with Crippen molar-refractivity contribution in [1.29, 1.82) is 0 Å². The van der Waals surface area contributed by atoms with E-state index in [2.05, 4.69) is 75.2 Å². The molecule has 0 spiro atoms. The Kier molecular flexibility index (Phi) is 8.28. The Labute approximate surface area is 96.9 Å². The molecule has 0 fully saturated rings. The van der Waals surface area contributed by atoms with Gasteiger partial charge < -0.3 is 0 Å². The van der Waals surface area contributed by atoms with Crippen molar-refractivity contribution in [3.8, 4) is 0 Å². The molecular formula is C9H22S3Si. The molecule has 4 heteroatoms. The van der Waals surface area contributed by atoms with Crippen LogP contribution in [0.1, 0.15) is 41.5 Å². The van der Waals surface area contributed by atoms with Crippen molar-refractivity contribution in [3.05, 3.63) is 0 Å². The molecule has 0 aliphatic heterocycles. The Bertz CT molecular complexity index is 102. The molecule has 0 saturated carbocycles. The molecule has 0 heterocycles. The standard InChI is InChI=1S/C9H22S3Si/c1-7(2)10-13(11-8(3)4)12-9(5)6/h7-9,13H,1-6H3. The van der Waals surface area contributed by atoms with Crippen molar-refractivity contribution >= 4 is 39.9 Å². The maximum Gasteiger partial charge on any atom is 0.222 e. The lowest BCUT2D eigenvalue weighted by molar-refractivity contribution is 1.12. The van der Waals surface area contributed by atoms with E-state index in [4.69, 9.17) is 0 Å². The fraction of sp³-hybridized carbons (Fsp3) is 1.00. The predicted octanol–water partition coefficient (Wildman–Crippen LogP) is 4.13. The van der Waals surface area contributed by atoms with Gasteiger partial charge in [0.1, 0.15) is 0 Å². The summed E-state index contributed by atoms with van der Waals surface area (Å²) in [5, 5.41) is 2.40. The van der Waals surface area contributed by atoms with Gasteiger partial charge in [0.2, 0.25) is 6.25 Å². The molecule has 0 rings (SSSR count). The van der Waals surface area contributed by atoms with Crippen LogP contribution in [0.5, 0.6) is 0 Å². The lowest BCUT2D eigenvalue weighted by Gasteiger charge is -2.20. The molecule has 13 heavy (non-hydrogen) atoms. The number of hydrogen-bond donors (Lipinski definition) is 0. The maximum atomic E-state index is 2.31. The predicted molar refractivity (Wildman–Crippen MR) is 75.3 cm³/mol. The summed E-state index contributed by atoms with van der Waals surface area (Å²) in [5.41, 5.74) is 0. The maximum absolute atomic E-state index is 2.31. The molecule has 0 amide bonds. The first-order valence-electron chi connectivity index (χ1n) is 4.88. The third kappa shape index (κ3) is 9.57. The van der Waals surface area contributed by atoms with E-state index in [0.717, 1.165) is 15.7 Å². The molecule has 0 aliphatic carbocycles. The first-order chi connectivity index (χ1) is 5.91. The van der Waals surface area contributed by atoms with Crippen molar-refractivity contribution in [2.75, 3.05) is 0 Å². The van der Waals surface area contributed by atoms with Gasteiger partial charge in [-0.15, -0.1) is 0 Å². The van der Waals surface area contributed by atoms with E-state index >= 15 is 0 Å². The van der Waals surface area contributed by atoms with Gasteiger partial charge in [0.25, 0.3) is 0 Å². The first kappa shape index (κ1) is 14.3. The van der Waals surface area contributed by atoms with Gasteiger partial charge in [-0.2, -0.15) is 33.6 Å². The monoisotopic (exact) mass is 254 g/mol. The first-order valence-corrected chi connectivity index (χ1v) is 11.9. The molecule has 0 N–H and O–H groups in total. The summed E-state index contributed by atoms with van der Waals surface area (Å²) in [6.07, 6.45) is -0.657. The average Bonchev–Trinajstić information content (AvgIpc) is 1.80. The minimum atomic E-state index is -0.657. The van der Waals surface area contributed by atoms with E-state index in [-0.39, 0.29) is 0 Å². The lowest BCUT2D eigenvalue weighted by Crippen LogP contribution is -2.10. The van der Waals surface area contributed by atoms with Crippen LogP contribution in [0.25, 0.3) is 0 Å². The zero-order chi connectivity index (χ0) is 10.4. The Morgan fingerprint density at radius 3 is 1.00 bits per heavy atom. The highest BCUT2D eigenvalue weighted by molar-refractivity contribution is 8.77. The highest BCUT2D eigenvalue weighted by Crippen LogP contribution is 2.36. The van der Waals surface area contributed by atoms with E-state index in [1.54, 1.807) is 0 Å². The van der Waals surface area contributed by atoms with Crippen LogP contribution >= 0.6 is 33.6 Å². The molecule has 0 aliphatic rings. The zero-order valence-corrected chi connectivity index (χ0v) is 13.1. The van der Waals surface area contributed by atoms with Crippen LogP contribution in [0.3, 0.4) is 0 Å². The summed E-state index contributed by atoms with van der Waals surface area (Å²) >= 11 is 6.66. The lowest BCUT2D eigenvalue weighted by atomic mass is 10.6. The van der Waals surface area contributed by atoms with Crippen molar-refractivity contribution in [2.24, 2.45) is 0 Å². The van der Waals surface area contributed by atoms with Crippen molar-refractivity contribution in [2.45, 2.75) is 57.3 Å². The van der Waals surface area contributed by atoms with Crippen LogP contribution < -0.4 is 0 Å². The second-order valence-electron chi connectivity index (χ2n) is 3.84. The van der Waals surface area contributed by atoms with Crippen LogP contribution in [0, 0.1) is 0 Å². The summed E-state index contributed by atoms with van der Waals surface area (Å²) in [7, 11) is 0. The molecule has 0 aromatic heterocycles. The van der Waals surface area contributed by atoms with Crippen molar-refractivity contribution in [3.63, 3.8) is 0 Å². The van der Waals surface area contributed by atoms with Gasteiger partial charge >= 0.3 is 0 Å². The fourth-order valence-corrected chi connectivity index (χ4v) is 20.6. The van der Waals surface area contributed by atoms with E-state index < -0.39 is 6.25 Å². The van der Waals surface area contributed by atoms with Crippen molar-refractivity contribution < 1.29 is 0 Å². The largest absolute Gasteiger partial charge is 0.222 e. The second-order valence-corrected chi connectivity index (χ2v) is 17.4. The Hall–Kier alpha value is 1.27. The smallest absolute Gasteiger partial charge is 0.162 e. The summed E-state index contributed by atoms with van der Waals surface area (Å²) in [6, 6.07) is 0. The van der Waals surface area contributed by atoms with Crippen LogP contribution in [0.2, 0.25) is 0 Å². The summed E-state index contributed by atoms with van der Waals surface area (Å²) < 4.78 is 0. The molecule has 80 valence electrons. The molecule has 0 radical (unpaired) electrons. The van der Waals surface area contributed by atoms with E-state index in [9.17, 15) is 0 Å². The minimum Gasteiger partial charge on any atom is -0.162 e. The Morgan fingerprint density at radius 2 is 0.846 bits per heavy atom. The van der Waals surface area contributed by atoms with Gasteiger partial charge in [0.15, 0.2) is 0 Å². The quantitative estimate of drug-likeness (QED) is 0.654. The highest BCUT2D eigenvalue weighted by atomic mass is 32.8. The van der Waals surface area contributed by atoms with Crippen molar-refractivity contribution in [1.82, 2.24) is 0 Å². The van der Waals surface area contributed by atoms with Crippen LogP contribution in [-0.2, 0) is 0 Å². The SMILES string of the molecule is CC(C)S[SiH](SC(C)C)SC(C)C. The molecular weight excluding hydrogens is 232 g/mol. The third-order valence-corrected chi connectivity index (χ3v) is 16.3. The summed E-state index contributed by atoms with van der Waals surface area (Å²) in [4.78, 5) is 0. The summed E-state index contributed by atoms with van der Waals surface area (Å²) in [5.74, 6) is 0. The molecule has 0 atom stereocenters. The summed E-state index contributed by atoms with van der Waals surface area (Å²) in [6.45, 7) is 13.9. The average molecular weight is 255 g/mol. The van der Waals surface area contributed by atoms with Gasteiger partial charge in [-0.05, 0) is 15.7 Å². The molecule has 0 bridgehead atoms. The van der Waals surface area contributed by atoms with E-state index in [0.29, 0.717) is 0 Å². The normalized spacial score (nSPS) is 12.5. The molecule has 0 aromatic rings. The van der Waals surface area contributed by atoms with Gasteiger partial charge in [0, 0.05) is 0 Å². The van der Waals surface area contributed by atoms with Gasteiger partial charge in [-0.25, -0.2) is 0 Å². The number of rotatable bonds is 6. The molecule has 0 nitrogen and oxygen atoms in total. The van der Waals surface area contributed by atoms with E-state index in [1.807, 2.05) is 0 Å². The number of hydrogen-bond acceptors (Lipinski definition) is 3. The van der Waals surface area contributed by atoms with Crippen LogP contribution in [0.4, 0.5) is 0 Å². The third-order valence-electron chi connectivity index (χ3n) is 1.15. The van der Waals surface area contributed by atoms with Gasteiger partial charge in [-0.3, -0.25) is 0 Å². The minimum absolute atomic E-state index is 0.657. The van der Waals surface area contributed by atoms with E-state index in [1.165, 1.54) is 0 Å².